The van der Waals surface area contributed by atoms with Crippen molar-refractivity contribution in [3.05, 3.63) is 30.2 Å². The van der Waals surface area contributed by atoms with Crippen LogP contribution in [0.2, 0.25) is 0 Å². The minimum Gasteiger partial charge on any atom is -0.477 e. The molecule has 0 fully saturated rings. The second-order valence-electron chi connectivity index (χ2n) is 4.81. The molecule has 0 aromatic carbocycles. The Morgan fingerprint density at radius 2 is 2.10 bits per heavy atom. The van der Waals surface area contributed by atoms with Crippen LogP contribution in [0.5, 0.6) is 0 Å². The number of nitrogens with zero attached hydrogens (tertiary/aromatic N) is 3. The van der Waals surface area contributed by atoms with Gasteiger partial charge in [0.05, 0.1) is 6.20 Å². The van der Waals surface area contributed by atoms with Crippen molar-refractivity contribution in [1.82, 2.24) is 14.3 Å². The minimum atomic E-state index is -3.87. The van der Waals surface area contributed by atoms with Crippen molar-refractivity contribution in [2.75, 3.05) is 4.72 Å². The number of hydrogen-bond acceptors (Lipinski definition) is 4. The van der Waals surface area contributed by atoms with Crippen LogP contribution in [-0.4, -0.2) is 33.8 Å². The van der Waals surface area contributed by atoms with Crippen LogP contribution in [0.3, 0.4) is 0 Å². The summed E-state index contributed by atoms with van der Waals surface area (Å²) in [7, 11) is -2.27. The molecule has 0 spiro atoms. The molecule has 2 heterocycles. The third kappa shape index (κ3) is 2.92. The molecule has 0 bridgehead atoms. The number of anilines is 1. The van der Waals surface area contributed by atoms with Crippen molar-refractivity contribution < 1.29 is 18.3 Å². The molecule has 21 heavy (non-hydrogen) atoms. The lowest BCUT2D eigenvalue weighted by Crippen LogP contribution is -2.15. The SMILES string of the molecule is CC(C)n1cc(S(=O)(=O)Nc2ccnn2C)cc1C(=O)O. The molecule has 0 amide bonds. The zero-order chi connectivity index (χ0) is 15.8. The summed E-state index contributed by atoms with van der Waals surface area (Å²) in [5.41, 5.74) is -0.0737. The van der Waals surface area contributed by atoms with E-state index in [-0.39, 0.29) is 16.6 Å². The van der Waals surface area contributed by atoms with Gasteiger partial charge in [-0.2, -0.15) is 5.10 Å². The van der Waals surface area contributed by atoms with Crippen molar-refractivity contribution in [2.45, 2.75) is 24.8 Å². The molecule has 0 aliphatic carbocycles. The molecule has 2 aromatic heterocycles. The van der Waals surface area contributed by atoms with E-state index < -0.39 is 16.0 Å². The highest BCUT2D eigenvalue weighted by Gasteiger charge is 2.23. The van der Waals surface area contributed by atoms with E-state index in [1.165, 1.54) is 27.7 Å². The molecule has 9 heteroatoms. The van der Waals surface area contributed by atoms with Crippen molar-refractivity contribution >= 4 is 21.8 Å². The molecule has 0 aliphatic heterocycles. The molecule has 0 saturated carbocycles. The number of rotatable bonds is 5. The molecule has 0 unspecified atom stereocenters. The molecule has 0 aliphatic rings. The highest BCUT2D eigenvalue weighted by Crippen LogP contribution is 2.21. The normalized spacial score (nSPS) is 11.8. The monoisotopic (exact) mass is 312 g/mol. The summed E-state index contributed by atoms with van der Waals surface area (Å²) in [6.07, 6.45) is 2.77. The van der Waals surface area contributed by atoms with E-state index in [0.29, 0.717) is 5.82 Å². The number of nitrogens with one attached hydrogen (secondary N) is 1. The van der Waals surface area contributed by atoms with Crippen LogP contribution in [0.4, 0.5) is 5.82 Å². The number of carbonyl (C=O) groups is 1. The Morgan fingerprint density at radius 1 is 1.43 bits per heavy atom. The number of carboxylic acid groups (broad SMARTS) is 1. The van der Waals surface area contributed by atoms with Crippen LogP contribution in [-0.2, 0) is 17.1 Å². The predicted octanol–water partition coefficient (Wildman–Crippen LogP) is 1.30. The van der Waals surface area contributed by atoms with E-state index >= 15 is 0 Å². The largest absolute Gasteiger partial charge is 0.477 e. The Labute approximate surface area is 122 Å². The van der Waals surface area contributed by atoms with Gasteiger partial charge in [-0.05, 0) is 19.9 Å². The average Bonchev–Trinajstić information content (AvgIpc) is 2.96. The fraction of sp³-hybridized carbons (Fsp3) is 0.333. The summed E-state index contributed by atoms with van der Waals surface area (Å²) in [5, 5.41) is 13.0. The van der Waals surface area contributed by atoms with Crippen LogP contribution < -0.4 is 4.72 Å². The van der Waals surface area contributed by atoms with Crippen molar-refractivity contribution in [1.29, 1.82) is 0 Å². The first-order valence-corrected chi connectivity index (χ1v) is 7.66. The lowest BCUT2D eigenvalue weighted by atomic mass is 10.3. The number of carboxylic acids is 1. The lowest BCUT2D eigenvalue weighted by Gasteiger charge is -2.09. The molecule has 2 rings (SSSR count). The van der Waals surface area contributed by atoms with Crippen LogP contribution in [0, 0.1) is 0 Å². The van der Waals surface area contributed by atoms with Gasteiger partial charge in [0.1, 0.15) is 16.4 Å². The second kappa shape index (κ2) is 5.24. The molecular weight excluding hydrogens is 296 g/mol. The van der Waals surface area contributed by atoms with Crippen molar-refractivity contribution in [2.24, 2.45) is 7.05 Å². The zero-order valence-electron chi connectivity index (χ0n) is 11.8. The number of hydrogen-bond donors (Lipinski definition) is 2. The molecule has 2 N–H and O–H groups in total. The van der Waals surface area contributed by atoms with E-state index in [9.17, 15) is 13.2 Å². The van der Waals surface area contributed by atoms with Crippen LogP contribution in [0.1, 0.15) is 30.4 Å². The Hall–Kier alpha value is -2.29. The summed E-state index contributed by atoms with van der Waals surface area (Å²) >= 11 is 0. The van der Waals surface area contributed by atoms with Crippen molar-refractivity contribution in [3.63, 3.8) is 0 Å². The topological polar surface area (TPSA) is 106 Å². The maximum Gasteiger partial charge on any atom is 0.352 e. The lowest BCUT2D eigenvalue weighted by molar-refractivity contribution is 0.0683. The molecule has 0 radical (unpaired) electrons. The quantitative estimate of drug-likeness (QED) is 0.865. The van der Waals surface area contributed by atoms with Gasteiger partial charge in [0.15, 0.2) is 0 Å². The third-order valence-electron chi connectivity index (χ3n) is 2.97. The van der Waals surface area contributed by atoms with Gasteiger partial charge in [0.2, 0.25) is 0 Å². The number of aromatic nitrogens is 3. The van der Waals surface area contributed by atoms with Crippen molar-refractivity contribution in [3.8, 4) is 0 Å². The molecule has 0 atom stereocenters. The summed E-state index contributed by atoms with van der Waals surface area (Å²) in [5.74, 6) is -0.880. The van der Waals surface area contributed by atoms with E-state index in [2.05, 4.69) is 9.82 Å². The van der Waals surface area contributed by atoms with Crippen LogP contribution >= 0.6 is 0 Å². The van der Waals surface area contributed by atoms with Crippen LogP contribution in [0.25, 0.3) is 0 Å². The second-order valence-corrected chi connectivity index (χ2v) is 6.50. The molecule has 8 nitrogen and oxygen atoms in total. The van der Waals surface area contributed by atoms with Gasteiger partial charge in [0, 0.05) is 25.4 Å². The summed E-state index contributed by atoms with van der Waals surface area (Å²) in [6.45, 7) is 3.55. The van der Waals surface area contributed by atoms with Crippen LogP contribution in [0.15, 0.2) is 29.4 Å². The summed E-state index contributed by atoms with van der Waals surface area (Å²) < 4.78 is 29.7. The Morgan fingerprint density at radius 3 is 2.52 bits per heavy atom. The zero-order valence-corrected chi connectivity index (χ0v) is 12.6. The van der Waals surface area contributed by atoms with Gasteiger partial charge in [-0.1, -0.05) is 0 Å². The molecule has 114 valence electrons. The fourth-order valence-corrected chi connectivity index (χ4v) is 2.98. The predicted molar refractivity (Wildman–Crippen MR) is 75.8 cm³/mol. The average molecular weight is 312 g/mol. The number of aryl methyl sites for hydroxylation is 1. The van der Waals surface area contributed by atoms with Gasteiger partial charge >= 0.3 is 5.97 Å². The molecular formula is C12H16N4O4S. The Kier molecular flexibility index (Phi) is 3.77. The van der Waals surface area contributed by atoms with Gasteiger partial charge in [-0.3, -0.25) is 9.40 Å². The first-order chi connectivity index (χ1) is 9.72. The maximum atomic E-state index is 12.3. The maximum absolute atomic E-state index is 12.3. The van der Waals surface area contributed by atoms with Gasteiger partial charge in [0.25, 0.3) is 10.0 Å². The molecule has 2 aromatic rings. The van der Waals surface area contributed by atoms with E-state index in [1.807, 2.05) is 0 Å². The third-order valence-corrected chi connectivity index (χ3v) is 4.29. The smallest absolute Gasteiger partial charge is 0.352 e. The fourth-order valence-electron chi connectivity index (χ4n) is 1.87. The van der Waals surface area contributed by atoms with E-state index in [1.54, 1.807) is 20.9 Å². The molecule has 0 saturated heterocycles. The number of aromatic carboxylic acids is 1. The first-order valence-electron chi connectivity index (χ1n) is 6.18. The Balaban J connectivity index is 2.43. The highest BCUT2D eigenvalue weighted by atomic mass is 32.2. The Bertz CT molecular complexity index is 773. The standard InChI is InChI=1S/C12H16N4O4S/c1-8(2)16-7-9(6-10(16)12(17)18)21(19,20)14-11-4-5-13-15(11)3/h4-8,14H,1-3H3,(H,17,18). The van der Waals surface area contributed by atoms with Gasteiger partial charge in [-0.15, -0.1) is 0 Å². The highest BCUT2D eigenvalue weighted by molar-refractivity contribution is 7.92. The minimum absolute atomic E-state index is 0.0737. The van der Waals surface area contributed by atoms with Gasteiger partial charge in [-0.25, -0.2) is 13.2 Å². The van der Waals surface area contributed by atoms with Gasteiger partial charge < -0.3 is 9.67 Å². The number of sulfonamides is 1. The van der Waals surface area contributed by atoms with E-state index in [0.717, 1.165) is 6.07 Å². The van der Waals surface area contributed by atoms with E-state index in [4.69, 9.17) is 5.11 Å². The summed E-state index contributed by atoms with van der Waals surface area (Å²) in [4.78, 5) is 11.1. The summed E-state index contributed by atoms with van der Waals surface area (Å²) in [6, 6.07) is 2.48. The first kappa shape index (κ1) is 15.1.